The molecule has 38 heavy (non-hydrogen) atoms. The van der Waals surface area contributed by atoms with Gasteiger partial charge in [0.1, 0.15) is 0 Å². The summed E-state index contributed by atoms with van der Waals surface area (Å²) >= 11 is 0. The zero-order chi connectivity index (χ0) is 27.0. The lowest BCUT2D eigenvalue weighted by Gasteiger charge is -2.21. The Balaban J connectivity index is 1.47. The van der Waals surface area contributed by atoms with Crippen molar-refractivity contribution in [2.24, 2.45) is 0 Å². The Bertz CT molecular complexity index is 1690. The van der Waals surface area contributed by atoms with Gasteiger partial charge in [-0.1, -0.05) is 48.5 Å². The Hall–Kier alpha value is -4.56. The molecule has 1 aliphatic rings. The quantitative estimate of drug-likeness (QED) is 0.316. The van der Waals surface area contributed by atoms with Crippen LogP contribution in [0.25, 0.3) is 0 Å². The molecule has 0 saturated carbocycles. The molecule has 4 aromatic rings. The van der Waals surface area contributed by atoms with Gasteiger partial charge in [0.05, 0.1) is 15.4 Å². The minimum absolute atomic E-state index is 0.0209. The van der Waals surface area contributed by atoms with Gasteiger partial charge in [-0.15, -0.1) is 0 Å². The molecular weight excluding hydrogens is 502 g/mol. The van der Waals surface area contributed by atoms with Crippen LogP contribution in [0.15, 0.2) is 101 Å². The molecule has 0 fully saturated rings. The van der Waals surface area contributed by atoms with E-state index in [0.717, 1.165) is 17.2 Å². The fourth-order valence-electron chi connectivity index (χ4n) is 4.54. The van der Waals surface area contributed by atoms with Crippen molar-refractivity contribution in [3.8, 4) is 0 Å². The molecule has 8 heteroatoms. The van der Waals surface area contributed by atoms with E-state index in [9.17, 15) is 22.8 Å². The summed E-state index contributed by atoms with van der Waals surface area (Å²) in [6.45, 7) is 3.81. The number of anilines is 1. The lowest BCUT2D eigenvalue weighted by Crippen LogP contribution is -2.26. The lowest BCUT2D eigenvalue weighted by atomic mass is 10.0. The van der Waals surface area contributed by atoms with Gasteiger partial charge < -0.3 is 10.1 Å². The number of benzene rings is 4. The number of aryl methyl sites for hydroxylation is 2. The third-order valence-electron chi connectivity index (χ3n) is 6.23. The van der Waals surface area contributed by atoms with Crippen molar-refractivity contribution in [2.75, 3.05) is 5.32 Å². The molecule has 1 unspecified atom stereocenters. The van der Waals surface area contributed by atoms with Crippen LogP contribution in [0.1, 0.15) is 49.1 Å². The van der Waals surface area contributed by atoms with Crippen LogP contribution >= 0.6 is 0 Å². The van der Waals surface area contributed by atoms with Gasteiger partial charge in [-0.05, 0) is 67.4 Å². The van der Waals surface area contributed by atoms with Gasteiger partial charge in [-0.2, -0.15) is 0 Å². The Labute approximate surface area is 220 Å². The minimum Gasteiger partial charge on any atom is -0.444 e. The molecule has 1 atom stereocenters. The standard InChI is InChI=1S/C30H23NO6S/c1-18-14-19(2)16-22(15-18)31-29(33)28(20-8-4-3-5-9-20)37-30(34)21-12-13-24-26(17-21)38(35,36)25-11-7-6-10-23(25)27(24)32/h3-17,28H,1-2H3,(H,31,33). The van der Waals surface area contributed by atoms with Gasteiger partial charge in [0, 0.05) is 22.4 Å². The number of sulfone groups is 1. The van der Waals surface area contributed by atoms with Crippen molar-refractivity contribution in [1.82, 2.24) is 0 Å². The SMILES string of the molecule is Cc1cc(C)cc(NC(=O)C(OC(=O)c2ccc3c(c2)S(=O)(=O)c2ccccc2C3=O)c2ccccc2)c1. The van der Waals surface area contributed by atoms with Crippen molar-refractivity contribution < 1.29 is 27.5 Å². The Morgan fingerprint density at radius 2 is 1.39 bits per heavy atom. The van der Waals surface area contributed by atoms with E-state index in [-0.39, 0.29) is 26.5 Å². The number of rotatable bonds is 5. The van der Waals surface area contributed by atoms with Gasteiger partial charge >= 0.3 is 5.97 Å². The maximum Gasteiger partial charge on any atom is 0.339 e. The number of amides is 1. The summed E-state index contributed by atoms with van der Waals surface area (Å²) in [5, 5.41) is 2.80. The molecule has 1 heterocycles. The van der Waals surface area contributed by atoms with E-state index in [4.69, 9.17) is 4.74 Å². The van der Waals surface area contributed by atoms with Crippen molar-refractivity contribution in [2.45, 2.75) is 29.7 Å². The third-order valence-corrected chi connectivity index (χ3v) is 8.08. The molecule has 0 bridgehead atoms. The molecule has 0 saturated heterocycles. The lowest BCUT2D eigenvalue weighted by molar-refractivity contribution is -0.125. The van der Waals surface area contributed by atoms with E-state index >= 15 is 0 Å². The molecule has 0 radical (unpaired) electrons. The molecule has 7 nitrogen and oxygen atoms in total. The Kier molecular flexibility index (Phi) is 6.42. The monoisotopic (exact) mass is 525 g/mol. The molecule has 0 aliphatic carbocycles. The van der Waals surface area contributed by atoms with Crippen LogP contribution in [0.2, 0.25) is 0 Å². The van der Waals surface area contributed by atoms with Crippen LogP contribution in [-0.2, 0) is 19.4 Å². The molecule has 1 aliphatic heterocycles. The first kappa shape index (κ1) is 25.1. The Morgan fingerprint density at radius 3 is 2.11 bits per heavy atom. The highest BCUT2D eigenvalue weighted by atomic mass is 32.2. The van der Waals surface area contributed by atoms with Crippen LogP contribution in [-0.4, -0.2) is 26.1 Å². The van der Waals surface area contributed by atoms with E-state index in [1.807, 2.05) is 19.9 Å². The highest BCUT2D eigenvalue weighted by Crippen LogP contribution is 2.35. The normalized spacial score (nSPS) is 14.1. The predicted octanol–water partition coefficient (Wildman–Crippen LogP) is 5.22. The average molecular weight is 526 g/mol. The number of hydrogen-bond donors (Lipinski definition) is 1. The maximum absolute atomic E-state index is 13.3. The Morgan fingerprint density at radius 1 is 0.763 bits per heavy atom. The molecular formula is C30H23NO6S. The van der Waals surface area contributed by atoms with Gasteiger partial charge in [-0.3, -0.25) is 9.59 Å². The van der Waals surface area contributed by atoms with Crippen molar-refractivity contribution >= 4 is 33.2 Å². The van der Waals surface area contributed by atoms with Gasteiger partial charge in [0.2, 0.25) is 15.9 Å². The highest BCUT2D eigenvalue weighted by Gasteiger charge is 2.35. The molecule has 1 amide bonds. The van der Waals surface area contributed by atoms with E-state index < -0.39 is 33.6 Å². The van der Waals surface area contributed by atoms with Crippen LogP contribution < -0.4 is 5.32 Å². The second-order valence-electron chi connectivity index (χ2n) is 9.10. The summed E-state index contributed by atoms with van der Waals surface area (Å²) in [7, 11) is -4.04. The van der Waals surface area contributed by atoms with E-state index in [1.54, 1.807) is 48.5 Å². The van der Waals surface area contributed by atoms with E-state index in [0.29, 0.717) is 11.3 Å². The zero-order valence-electron chi connectivity index (χ0n) is 20.6. The van der Waals surface area contributed by atoms with Crippen LogP contribution in [0.5, 0.6) is 0 Å². The summed E-state index contributed by atoms with van der Waals surface area (Å²) in [5.41, 5.74) is 2.88. The predicted molar refractivity (Wildman–Crippen MR) is 141 cm³/mol. The van der Waals surface area contributed by atoms with Crippen LogP contribution in [0.3, 0.4) is 0 Å². The molecule has 190 valence electrons. The summed E-state index contributed by atoms with van der Waals surface area (Å²) in [6.07, 6.45) is -1.31. The minimum atomic E-state index is -4.04. The topological polar surface area (TPSA) is 107 Å². The smallest absolute Gasteiger partial charge is 0.339 e. The molecule has 5 rings (SSSR count). The summed E-state index contributed by atoms with van der Waals surface area (Å²) in [4.78, 5) is 39.1. The second kappa shape index (κ2) is 9.72. The molecule has 4 aromatic carbocycles. The maximum atomic E-state index is 13.3. The van der Waals surface area contributed by atoms with E-state index in [1.165, 1.54) is 30.3 Å². The number of carbonyl (C=O) groups excluding carboxylic acids is 3. The summed E-state index contributed by atoms with van der Waals surface area (Å²) in [5.74, 6) is -1.91. The van der Waals surface area contributed by atoms with Gasteiger partial charge in [0.25, 0.3) is 5.91 Å². The highest BCUT2D eigenvalue weighted by molar-refractivity contribution is 7.91. The fourth-order valence-corrected chi connectivity index (χ4v) is 6.22. The first-order chi connectivity index (χ1) is 18.1. The van der Waals surface area contributed by atoms with Crippen molar-refractivity contribution in [3.63, 3.8) is 0 Å². The largest absolute Gasteiger partial charge is 0.444 e. The van der Waals surface area contributed by atoms with Crippen molar-refractivity contribution in [1.29, 1.82) is 0 Å². The van der Waals surface area contributed by atoms with Gasteiger partial charge in [-0.25, -0.2) is 13.2 Å². The fraction of sp³-hybridized carbons (Fsp3) is 0.100. The first-order valence-electron chi connectivity index (χ1n) is 11.8. The summed E-state index contributed by atoms with van der Waals surface area (Å²) < 4.78 is 32.2. The van der Waals surface area contributed by atoms with Gasteiger partial charge in [0.15, 0.2) is 5.78 Å². The average Bonchev–Trinajstić information content (AvgIpc) is 2.90. The third kappa shape index (κ3) is 4.62. The molecule has 1 N–H and O–H groups in total. The molecule has 0 spiro atoms. The number of ketones is 1. The summed E-state index contributed by atoms with van der Waals surface area (Å²) in [6, 6.07) is 23.8. The molecule has 0 aromatic heterocycles. The number of esters is 1. The number of hydrogen-bond acceptors (Lipinski definition) is 6. The number of ether oxygens (including phenoxy) is 1. The zero-order valence-corrected chi connectivity index (χ0v) is 21.4. The first-order valence-corrected chi connectivity index (χ1v) is 13.3. The second-order valence-corrected chi connectivity index (χ2v) is 11.0. The van der Waals surface area contributed by atoms with Crippen molar-refractivity contribution in [3.05, 3.63) is 124 Å². The van der Waals surface area contributed by atoms with E-state index in [2.05, 4.69) is 5.32 Å². The number of fused-ring (bicyclic) bond motifs is 2. The number of carbonyl (C=O) groups is 3. The van der Waals surface area contributed by atoms with Crippen LogP contribution in [0.4, 0.5) is 5.69 Å². The number of nitrogens with one attached hydrogen (secondary N) is 1. The van der Waals surface area contributed by atoms with Crippen LogP contribution in [0, 0.1) is 13.8 Å².